The van der Waals surface area contributed by atoms with Gasteiger partial charge in [-0.1, -0.05) is 0 Å². The largest absolute Gasteiger partial charge is 0.504 e. The van der Waals surface area contributed by atoms with E-state index >= 15 is 0 Å². The van der Waals surface area contributed by atoms with Crippen molar-refractivity contribution in [1.82, 2.24) is 0 Å². The second-order valence-electron chi connectivity index (χ2n) is 2.18. The molecule has 0 amide bonds. The second kappa shape index (κ2) is 2.77. The number of hydrogen-bond acceptors (Lipinski definition) is 5. The van der Waals surface area contributed by atoms with Gasteiger partial charge in [-0.15, -0.1) is 0 Å². The molecule has 0 fully saturated rings. The third kappa shape index (κ3) is 1.31. The molecule has 0 radical (unpaired) electrons. The molecule has 0 saturated carbocycles. The average molecular weight is 189 g/mol. The molecule has 0 aliphatic rings. The molecule has 0 bridgehead atoms. The van der Waals surface area contributed by atoms with Crippen LogP contribution in [0.1, 0.15) is 0 Å². The Morgan fingerprint density at radius 1 is 1.31 bits per heavy atom. The van der Waals surface area contributed by atoms with Gasteiger partial charge in [-0.25, -0.2) is 0 Å². The summed E-state index contributed by atoms with van der Waals surface area (Å²) in [5.41, 5.74) is -1.27. The Hall–Kier alpha value is -2.05. The van der Waals surface area contributed by atoms with Crippen molar-refractivity contribution in [3.63, 3.8) is 0 Å². The zero-order valence-corrected chi connectivity index (χ0v) is 6.06. The Labute approximate surface area is 70.6 Å². The summed E-state index contributed by atoms with van der Waals surface area (Å²) in [5, 5.41) is 36.4. The van der Waals surface area contributed by atoms with Gasteiger partial charge in [0.15, 0.2) is 5.75 Å². The van der Waals surface area contributed by atoms with Crippen LogP contribution in [0.15, 0.2) is 6.07 Å². The Morgan fingerprint density at radius 3 is 2.31 bits per heavy atom. The summed E-state index contributed by atoms with van der Waals surface area (Å²) in [6.45, 7) is 0. The molecule has 0 atom stereocenters. The van der Waals surface area contributed by atoms with E-state index in [1.54, 1.807) is 0 Å². The van der Waals surface area contributed by atoms with Crippen molar-refractivity contribution in [1.29, 1.82) is 0 Å². The number of nitro groups is 1. The highest BCUT2D eigenvalue weighted by atomic mass is 19.1. The van der Waals surface area contributed by atoms with Crippen molar-refractivity contribution in [3.8, 4) is 17.2 Å². The summed E-state index contributed by atoms with van der Waals surface area (Å²) in [7, 11) is 0. The topological polar surface area (TPSA) is 104 Å². The van der Waals surface area contributed by atoms with E-state index in [0.717, 1.165) is 0 Å². The van der Waals surface area contributed by atoms with Gasteiger partial charge in [-0.2, -0.15) is 4.39 Å². The number of benzene rings is 1. The van der Waals surface area contributed by atoms with Crippen LogP contribution in [0.3, 0.4) is 0 Å². The van der Waals surface area contributed by atoms with Gasteiger partial charge in [0.05, 0.1) is 4.92 Å². The van der Waals surface area contributed by atoms with Crippen molar-refractivity contribution in [2.45, 2.75) is 0 Å². The molecule has 3 N–H and O–H groups in total. The van der Waals surface area contributed by atoms with Crippen LogP contribution in [0.25, 0.3) is 0 Å². The molecule has 0 aliphatic heterocycles. The predicted octanol–water partition coefficient (Wildman–Crippen LogP) is 0.851. The lowest BCUT2D eigenvalue weighted by Gasteiger charge is -2.01. The standard InChI is InChI=1S/C6H4FNO5/c7-4-5(8(12)13)2(9)1-3(10)6(4)11/h1,9-11H. The van der Waals surface area contributed by atoms with Crippen LogP contribution in [0.4, 0.5) is 10.1 Å². The first-order valence-corrected chi connectivity index (χ1v) is 3.03. The van der Waals surface area contributed by atoms with Crippen LogP contribution < -0.4 is 0 Å². The molecule has 13 heavy (non-hydrogen) atoms. The molecule has 7 heteroatoms. The van der Waals surface area contributed by atoms with E-state index in [9.17, 15) is 14.5 Å². The van der Waals surface area contributed by atoms with E-state index < -0.39 is 33.7 Å². The van der Waals surface area contributed by atoms with Crippen LogP contribution in [0.2, 0.25) is 0 Å². The van der Waals surface area contributed by atoms with Crippen LogP contribution in [-0.4, -0.2) is 20.2 Å². The predicted molar refractivity (Wildman–Crippen MR) is 38.0 cm³/mol. The summed E-state index contributed by atoms with van der Waals surface area (Å²) in [5.74, 6) is -4.93. The Kier molecular flexibility index (Phi) is 1.93. The number of hydrogen-bond donors (Lipinski definition) is 3. The second-order valence-corrected chi connectivity index (χ2v) is 2.18. The fraction of sp³-hybridized carbons (Fsp3) is 0. The van der Waals surface area contributed by atoms with Gasteiger partial charge in [-0.05, 0) is 0 Å². The van der Waals surface area contributed by atoms with Crippen molar-refractivity contribution >= 4 is 5.69 Å². The zero-order chi connectivity index (χ0) is 10.2. The quantitative estimate of drug-likeness (QED) is 0.263. The number of nitrogens with zero attached hydrogens (tertiary/aromatic N) is 1. The van der Waals surface area contributed by atoms with E-state index in [0.29, 0.717) is 6.07 Å². The molecular weight excluding hydrogens is 185 g/mol. The maximum Gasteiger partial charge on any atom is 0.350 e. The minimum absolute atomic E-state index is 0.483. The van der Waals surface area contributed by atoms with Crippen molar-refractivity contribution in [3.05, 3.63) is 22.0 Å². The van der Waals surface area contributed by atoms with Gasteiger partial charge in [0.25, 0.3) is 0 Å². The maximum absolute atomic E-state index is 12.8. The lowest BCUT2D eigenvalue weighted by molar-refractivity contribution is -0.388. The maximum atomic E-state index is 12.8. The van der Waals surface area contributed by atoms with Gasteiger partial charge in [0.1, 0.15) is 0 Å². The van der Waals surface area contributed by atoms with Gasteiger partial charge in [-0.3, -0.25) is 10.1 Å². The SMILES string of the molecule is O=[N+]([O-])c1c(O)cc(O)c(O)c1F. The molecule has 1 aromatic carbocycles. The minimum atomic E-state index is -1.66. The average Bonchev–Trinajstić information content (AvgIpc) is 1.99. The zero-order valence-electron chi connectivity index (χ0n) is 6.06. The van der Waals surface area contributed by atoms with Gasteiger partial charge in [0.2, 0.25) is 17.3 Å². The van der Waals surface area contributed by atoms with E-state index in [4.69, 9.17) is 15.3 Å². The number of nitro benzene ring substituents is 1. The molecule has 1 rings (SSSR count). The summed E-state index contributed by atoms with van der Waals surface area (Å²) in [6, 6.07) is 0.483. The molecule has 0 spiro atoms. The van der Waals surface area contributed by atoms with Crippen LogP contribution >= 0.6 is 0 Å². The van der Waals surface area contributed by atoms with Gasteiger partial charge in [0, 0.05) is 6.07 Å². The molecular formula is C6H4FNO5. The first-order chi connectivity index (χ1) is 5.95. The molecule has 70 valence electrons. The van der Waals surface area contributed by atoms with Crippen LogP contribution in [0.5, 0.6) is 17.2 Å². The van der Waals surface area contributed by atoms with Crippen molar-refractivity contribution in [2.24, 2.45) is 0 Å². The molecule has 0 aromatic heterocycles. The highest BCUT2D eigenvalue weighted by Gasteiger charge is 2.26. The lowest BCUT2D eigenvalue weighted by Crippen LogP contribution is -1.93. The fourth-order valence-electron chi connectivity index (χ4n) is 0.777. The highest BCUT2D eigenvalue weighted by Crippen LogP contribution is 2.40. The summed E-state index contributed by atoms with van der Waals surface area (Å²) >= 11 is 0. The van der Waals surface area contributed by atoms with Gasteiger partial charge >= 0.3 is 5.69 Å². The lowest BCUT2D eigenvalue weighted by atomic mass is 10.2. The van der Waals surface area contributed by atoms with Gasteiger partial charge < -0.3 is 15.3 Å². The molecule has 1 aromatic rings. The van der Waals surface area contributed by atoms with E-state index in [1.165, 1.54) is 0 Å². The Morgan fingerprint density at radius 2 is 1.85 bits per heavy atom. The molecule has 0 saturated heterocycles. The normalized spacial score (nSPS) is 9.92. The fourth-order valence-corrected chi connectivity index (χ4v) is 0.777. The van der Waals surface area contributed by atoms with Crippen LogP contribution in [-0.2, 0) is 0 Å². The number of halogens is 1. The Balaban J connectivity index is 3.53. The number of aromatic hydroxyl groups is 3. The number of phenolic OH excluding ortho intramolecular Hbond substituents is 3. The molecule has 0 unspecified atom stereocenters. The number of rotatable bonds is 1. The monoisotopic (exact) mass is 189 g/mol. The summed E-state index contributed by atoms with van der Waals surface area (Å²) < 4.78 is 12.8. The molecule has 0 aliphatic carbocycles. The van der Waals surface area contributed by atoms with E-state index in [-0.39, 0.29) is 0 Å². The first-order valence-electron chi connectivity index (χ1n) is 3.03. The van der Waals surface area contributed by atoms with E-state index in [1.807, 2.05) is 0 Å². The molecule has 6 nitrogen and oxygen atoms in total. The number of phenols is 3. The minimum Gasteiger partial charge on any atom is -0.504 e. The third-order valence-electron chi connectivity index (χ3n) is 1.36. The summed E-state index contributed by atoms with van der Waals surface area (Å²) in [4.78, 5) is 8.91. The highest BCUT2D eigenvalue weighted by molar-refractivity contribution is 5.57. The Bertz CT molecular complexity index is 378. The smallest absolute Gasteiger partial charge is 0.350 e. The van der Waals surface area contributed by atoms with Crippen molar-refractivity contribution in [2.75, 3.05) is 0 Å². The first kappa shape index (κ1) is 9.04. The van der Waals surface area contributed by atoms with E-state index in [2.05, 4.69) is 0 Å². The van der Waals surface area contributed by atoms with Crippen molar-refractivity contribution < 1.29 is 24.6 Å². The third-order valence-corrected chi connectivity index (χ3v) is 1.36. The molecule has 0 heterocycles. The van der Waals surface area contributed by atoms with Crippen LogP contribution in [0, 0.1) is 15.9 Å². The summed E-state index contributed by atoms with van der Waals surface area (Å²) in [6.07, 6.45) is 0.